The highest BCUT2D eigenvalue weighted by Gasteiger charge is 2.03. The highest BCUT2D eigenvalue weighted by molar-refractivity contribution is 6.31. The molecule has 0 aliphatic heterocycles. The number of aryl methyl sites for hydroxylation is 1. The molecule has 0 unspecified atom stereocenters. The van der Waals surface area contributed by atoms with Gasteiger partial charge in [-0.3, -0.25) is 4.98 Å². The van der Waals surface area contributed by atoms with Crippen LogP contribution in [-0.2, 0) is 13.0 Å². The molecule has 2 rings (SSSR count). The summed E-state index contributed by atoms with van der Waals surface area (Å²) in [6, 6.07) is 1.87. The molecule has 0 amide bonds. The van der Waals surface area contributed by atoms with Crippen molar-refractivity contribution in [2.45, 2.75) is 13.0 Å². The second-order valence-corrected chi connectivity index (χ2v) is 4.10. The topological polar surface area (TPSA) is 43.6 Å². The number of nitrogens with zero attached hydrogens (tertiary/aromatic N) is 4. The molecule has 0 aliphatic rings. The number of hydrogen-bond acceptors (Lipinski definition) is 3. The smallest absolute Gasteiger partial charge is 0.0839 e. The molecule has 6 heteroatoms. The standard InChI is InChI=1S/C10H10Cl2N4/c11-3-1-9-7-16(15-14-9)6-8-2-4-13-5-10(8)12/h2,4-5,7H,1,3,6H2. The molecule has 0 bridgehead atoms. The van der Waals surface area contributed by atoms with Crippen molar-refractivity contribution >= 4 is 23.2 Å². The zero-order valence-electron chi connectivity index (χ0n) is 8.48. The number of alkyl halides is 1. The van der Waals surface area contributed by atoms with Crippen LogP contribution in [0.5, 0.6) is 0 Å². The molecule has 2 heterocycles. The van der Waals surface area contributed by atoms with Gasteiger partial charge >= 0.3 is 0 Å². The van der Waals surface area contributed by atoms with E-state index in [4.69, 9.17) is 23.2 Å². The van der Waals surface area contributed by atoms with Crippen LogP contribution in [0.1, 0.15) is 11.3 Å². The Labute approximate surface area is 103 Å². The Morgan fingerprint density at radius 2 is 2.25 bits per heavy atom. The lowest BCUT2D eigenvalue weighted by Crippen LogP contribution is -2.01. The third-order valence-electron chi connectivity index (χ3n) is 2.13. The van der Waals surface area contributed by atoms with Gasteiger partial charge in [-0.15, -0.1) is 16.7 Å². The van der Waals surface area contributed by atoms with E-state index in [-0.39, 0.29) is 0 Å². The summed E-state index contributed by atoms with van der Waals surface area (Å²) in [5, 5.41) is 8.64. The van der Waals surface area contributed by atoms with Crippen LogP contribution in [0.2, 0.25) is 5.02 Å². The van der Waals surface area contributed by atoms with E-state index in [0.29, 0.717) is 17.4 Å². The first-order valence-electron chi connectivity index (χ1n) is 4.83. The van der Waals surface area contributed by atoms with Gasteiger partial charge in [0, 0.05) is 30.9 Å². The van der Waals surface area contributed by atoms with Gasteiger partial charge in [-0.25, -0.2) is 4.68 Å². The van der Waals surface area contributed by atoms with Gasteiger partial charge in [0.15, 0.2) is 0 Å². The maximum atomic E-state index is 6.00. The number of pyridine rings is 1. The Morgan fingerprint density at radius 1 is 1.38 bits per heavy atom. The van der Waals surface area contributed by atoms with Crippen molar-refractivity contribution in [2.24, 2.45) is 0 Å². The molecule has 0 atom stereocenters. The average Bonchev–Trinajstić information content (AvgIpc) is 2.70. The van der Waals surface area contributed by atoms with Crippen LogP contribution in [-0.4, -0.2) is 25.9 Å². The zero-order valence-corrected chi connectivity index (χ0v) is 9.99. The first kappa shape index (κ1) is 11.4. The van der Waals surface area contributed by atoms with Gasteiger partial charge < -0.3 is 0 Å². The average molecular weight is 257 g/mol. The van der Waals surface area contributed by atoms with Gasteiger partial charge in [0.05, 0.1) is 17.3 Å². The van der Waals surface area contributed by atoms with E-state index in [1.165, 1.54) is 0 Å². The van der Waals surface area contributed by atoms with Gasteiger partial charge in [-0.1, -0.05) is 16.8 Å². The first-order chi connectivity index (χ1) is 7.79. The Hall–Kier alpha value is -1.13. The summed E-state index contributed by atoms with van der Waals surface area (Å²) in [7, 11) is 0. The Morgan fingerprint density at radius 3 is 3.00 bits per heavy atom. The zero-order chi connectivity index (χ0) is 11.4. The normalized spacial score (nSPS) is 10.6. The maximum absolute atomic E-state index is 6.00. The number of aromatic nitrogens is 4. The van der Waals surface area contributed by atoms with E-state index >= 15 is 0 Å². The maximum Gasteiger partial charge on any atom is 0.0839 e. The molecule has 2 aromatic rings. The lowest BCUT2D eigenvalue weighted by atomic mass is 10.3. The van der Waals surface area contributed by atoms with E-state index in [9.17, 15) is 0 Å². The monoisotopic (exact) mass is 256 g/mol. The Balaban J connectivity index is 2.11. The summed E-state index contributed by atoms with van der Waals surface area (Å²) in [4.78, 5) is 3.93. The molecule has 2 aromatic heterocycles. The second-order valence-electron chi connectivity index (χ2n) is 3.31. The minimum atomic E-state index is 0.550. The number of hydrogen-bond donors (Lipinski definition) is 0. The largest absolute Gasteiger partial charge is 0.263 e. The van der Waals surface area contributed by atoms with Crippen LogP contribution in [0.15, 0.2) is 24.7 Å². The summed E-state index contributed by atoms with van der Waals surface area (Å²) >= 11 is 11.6. The van der Waals surface area contributed by atoms with E-state index in [2.05, 4.69) is 15.3 Å². The molecule has 0 N–H and O–H groups in total. The molecule has 0 fully saturated rings. The summed E-state index contributed by atoms with van der Waals surface area (Å²) in [6.45, 7) is 0.594. The molecular formula is C10H10Cl2N4. The van der Waals surface area contributed by atoms with Crippen LogP contribution in [0.4, 0.5) is 0 Å². The fourth-order valence-electron chi connectivity index (χ4n) is 1.33. The Kier molecular flexibility index (Phi) is 3.74. The van der Waals surface area contributed by atoms with Crippen LogP contribution >= 0.6 is 23.2 Å². The predicted molar refractivity (Wildman–Crippen MR) is 62.8 cm³/mol. The molecular weight excluding hydrogens is 247 g/mol. The molecule has 0 aromatic carbocycles. The summed E-state index contributed by atoms with van der Waals surface area (Å²) in [6.07, 6.45) is 5.93. The first-order valence-corrected chi connectivity index (χ1v) is 5.74. The van der Waals surface area contributed by atoms with Crippen LogP contribution in [0.25, 0.3) is 0 Å². The van der Waals surface area contributed by atoms with Crippen LogP contribution < -0.4 is 0 Å². The Bertz CT molecular complexity index is 469. The van der Waals surface area contributed by atoms with E-state index in [1.807, 2.05) is 12.3 Å². The van der Waals surface area contributed by atoms with Crippen molar-refractivity contribution < 1.29 is 0 Å². The molecule has 0 radical (unpaired) electrons. The van der Waals surface area contributed by atoms with Crippen LogP contribution in [0, 0.1) is 0 Å². The van der Waals surface area contributed by atoms with Crippen molar-refractivity contribution in [1.29, 1.82) is 0 Å². The van der Waals surface area contributed by atoms with Gasteiger partial charge in [-0.2, -0.15) is 0 Å². The van der Waals surface area contributed by atoms with Crippen molar-refractivity contribution in [3.8, 4) is 0 Å². The van der Waals surface area contributed by atoms with Gasteiger partial charge in [0.1, 0.15) is 0 Å². The summed E-state index contributed by atoms with van der Waals surface area (Å²) < 4.78 is 1.74. The van der Waals surface area contributed by atoms with Crippen molar-refractivity contribution in [3.05, 3.63) is 40.9 Å². The van der Waals surface area contributed by atoms with E-state index in [1.54, 1.807) is 17.1 Å². The van der Waals surface area contributed by atoms with Crippen molar-refractivity contribution in [2.75, 3.05) is 5.88 Å². The number of rotatable bonds is 4. The predicted octanol–water partition coefficient (Wildman–Crippen LogP) is 2.16. The lowest BCUT2D eigenvalue weighted by Gasteiger charge is -2.02. The SMILES string of the molecule is ClCCc1cn(Cc2ccncc2Cl)nn1. The molecule has 0 saturated carbocycles. The number of halogens is 2. The minimum Gasteiger partial charge on any atom is -0.263 e. The minimum absolute atomic E-state index is 0.550. The third kappa shape index (κ3) is 2.71. The fraction of sp³-hybridized carbons (Fsp3) is 0.300. The van der Waals surface area contributed by atoms with Gasteiger partial charge in [0.25, 0.3) is 0 Å². The molecule has 0 spiro atoms. The van der Waals surface area contributed by atoms with Crippen molar-refractivity contribution in [1.82, 2.24) is 20.0 Å². The summed E-state index contributed by atoms with van der Waals surface area (Å²) in [5.41, 5.74) is 1.86. The quantitative estimate of drug-likeness (QED) is 0.788. The molecule has 0 aliphatic carbocycles. The van der Waals surface area contributed by atoms with E-state index in [0.717, 1.165) is 17.7 Å². The lowest BCUT2D eigenvalue weighted by molar-refractivity contribution is 0.649. The second kappa shape index (κ2) is 5.27. The van der Waals surface area contributed by atoms with Crippen molar-refractivity contribution in [3.63, 3.8) is 0 Å². The van der Waals surface area contributed by atoms with E-state index < -0.39 is 0 Å². The molecule has 0 saturated heterocycles. The molecule has 4 nitrogen and oxygen atoms in total. The van der Waals surface area contributed by atoms with Crippen LogP contribution in [0.3, 0.4) is 0 Å². The van der Waals surface area contributed by atoms with Gasteiger partial charge in [0.2, 0.25) is 0 Å². The fourth-order valence-corrected chi connectivity index (χ4v) is 1.71. The molecule has 16 heavy (non-hydrogen) atoms. The summed E-state index contributed by atoms with van der Waals surface area (Å²) in [5.74, 6) is 0.550. The van der Waals surface area contributed by atoms with Gasteiger partial charge in [-0.05, 0) is 11.6 Å². The molecule has 84 valence electrons. The highest BCUT2D eigenvalue weighted by atomic mass is 35.5. The highest BCUT2D eigenvalue weighted by Crippen LogP contribution is 2.14. The third-order valence-corrected chi connectivity index (χ3v) is 2.65.